The van der Waals surface area contributed by atoms with Crippen molar-refractivity contribution in [3.63, 3.8) is 0 Å². The second kappa shape index (κ2) is 13.7. The number of nitrogens with one attached hydrogen (secondary N) is 2. The van der Waals surface area contributed by atoms with Crippen molar-refractivity contribution in [2.24, 2.45) is 5.10 Å². The number of nitrogens with zero attached hydrogens (tertiary/aromatic N) is 1. The van der Waals surface area contributed by atoms with Crippen LogP contribution in [0.2, 0.25) is 5.02 Å². The number of anilines is 1. The summed E-state index contributed by atoms with van der Waals surface area (Å²) in [7, 11) is 1.54. The smallest absolute Gasteiger partial charge is 0.240 e. The highest BCUT2D eigenvalue weighted by molar-refractivity contribution is 6.31. The maximum Gasteiger partial charge on any atom is 0.240 e. The first-order chi connectivity index (χ1) is 17.5. The summed E-state index contributed by atoms with van der Waals surface area (Å²) in [4.78, 5) is 24.1. The third kappa shape index (κ3) is 8.32. The molecule has 36 heavy (non-hydrogen) atoms. The van der Waals surface area contributed by atoms with Gasteiger partial charge in [-0.05, 0) is 61.0 Å². The van der Waals surface area contributed by atoms with Gasteiger partial charge in [0.2, 0.25) is 11.8 Å². The Labute approximate surface area is 215 Å². The monoisotopic (exact) mass is 509 g/mol. The van der Waals surface area contributed by atoms with Crippen molar-refractivity contribution in [3.8, 4) is 17.2 Å². The molecule has 0 saturated heterocycles. The van der Waals surface area contributed by atoms with Gasteiger partial charge in [0.1, 0.15) is 12.4 Å². The predicted molar refractivity (Wildman–Crippen MR) is 140 cm³/mol. The highest BCUT2D eigenvalue weighted by atomic mass is 35.5. The minimum atomic E-state index is -0.375. The Morgan fingerprint density at radius 3 is 2.42 bits per heavy atom. The number of methoxy groups -OCH3 is 1. The third-order valence-corrected chi connectivity index (χ3v) is 5.33. The SMILES string of the molecule is CCOc1ccc(NC(=O)CCC(=O)NN=Cc2ccc(OCc3ccccc3Cl)c(OC)c2)cc1. The highest BCUT2D eigenvalue weighted by Gasteiger charge is 2.09. The van der Waals surface area contributed by atoms with E-state index in [0.29, 0.717) is 41.0 Å². The topological polar surface area (TPSA) is 98.2 Å². The number of hydrazone groups is 1. The van der Waals surface area contributed by atoms with Crippen LogP contribution in [0.4, 0.5) is 5.69 Å². The van der Waals surface area contributed by atoms with Crippen molar-refractivity contribution in [2.75, 3.05) is 19.0 Å². The van der Waals surface area contributed by atoms with Crippen LogP contribution in [0, 0.1) is 0 Å². The lowest BCUT2D eigenvalue weighted by Gasteiger charge is -2.12. The summed E-state index contributed by atoms with van der Waals surface area (Å²) >= 11 is 6.17. The Bertz CT molecular complexity index is 1200. The largest absolute Gasteiger partial charge is 0.494 e. The maximum absolute atomic E-state index is 12.1. The second-order valence-corrected chi connectivity index (χ2v) is 8.00. The van der Waals surface area contributed by atoms with Gasteiger partial charge in [0.05, 0.1) is 19.9 Å². The molecule has 0 aliphatic carbocycles. The lowest BCUT2D eigenvalue weighted by Crippen LogP contribution is -2.20. The van der Waals surface area contributed by atoms with Gasteiger partial charge in [0.15, 0.2) is 11.5 Å². The summed E-state index contributed by atoms with van der Waals surface area (Å²) in [6.45, 7) is 2.77. The molecule has 0 radical (unpaired) electrons. The van der Waals surface area contributed by atoms with E-state index in [1.54, 1.807) is 55.6 Å². The van der Waals surface area contributed by atoms with E-state index in [2.05, 4.69) is 15.8 Å². The zero-order valence-electron chi connectivity index (χ0n) is 20.1. The first-order valence-electron chi connectivity index (χ1n) is 11.4. The summed E-state index contributed by atoms with van der Waals surface area (Å²) in [5.41, 5.74) is 4.62. The van der Waals surface area contributed by atoms with E-state index in [4.69, 9.17) is 25.8 Å². The lowest BCUT2D eigenvalue weighted by molar-refractivity contribution is -0.124. The lowest BCUT2D eigenvalue weighted by atomic mass is 10.2. The standard InChI is InChI=1S/C27H28ClN3O5/c1-3-35-22-11-9-21(10-12-22)30-26(32)14-15-27(33)31-29-17-19-8-13-24(25(16-19)34-2)36-18-20-6-4-5-7-23(20)28/h4-13,16-17H,3,14-15,18H2,1-2H3,(H,30,32)(H,31,33). The molecule has 0 fully saturated rings. The van der Waals surface area contributed by atoms with Gasteiger partial charge in [-0.2, -0.15) is 5.10 Å². The van der Waals surface area contributed by atoms with Crippen LogP contribution in [-0.4, -0.2) is 31.7 Å². The number of carbonyl (C=O) groups is 2. The van der Waals surface area contributed by atoms with Gasteiger partial charge in [-0.3, -0.25) is 9.59 Å². The van der Waals surface area contributed by atoms with Crippen LogP contribution in [0.5, 0.6) is 17.2 Å². The van der Waals surface area contributed by atoms with Crippen molar-refractivity contribution >= 4 is 35.3 Å². The second-order valence-electron chi connectivity index (χ2n) is 7.59. The van der Waals surface area contributed by atoms with Crippen molar-refractivity contribution in [1.29, 1.82) is 0 Å². The fourth-order valence-corrected chi connectivity index (χ4v) is 3.33. The van der Waals surface area contributed by atoms with E-state index in [-0.39, 0.29) is 24.7 Å². The van der Waals surface area contributed by atoms with Crippen LogP contribution in [0.1, 0.15) is 30.9 Å². The van der Waals surface area contributed by atoms with E-state index in [0.717, 1.165) is 11.3 Å². The Morgan fingerprint density at radius 1 is 0.944 bits per heavy atom. The zero-order valence-corrected chi connectivity index (χ0v) is 20.9. The molecular formula is C27H28ClN3O5. The third-order valence-electron chi connectivity index (χ3n) is 4.96. The molecule has 0 bridgehead atoms. The zero-order chi connectivity index (χ0) is 25.8. The van der Waals surface area contributed by atoms with Gasteiger partial charge in [-0.25, -0.2) is 5.43 Å². The molecule has 0 unspecified atom stereocenters. The fourth-order valence-electron chi connectivity index (χ4n) is 3.14. The summed E-state index contributed by atoms with van der Waals surface area (Å²) < 4.78 is 16.6. The predicted octanol–water partition coefficient (Wildman–Crippen LogP) is 5.20. The van der Waals surface area contributed by atoms with Crippen LogP contribution < -0.4 is 25.0 Å². The van der Waals surface area contributed by atoms with E-state index in [1.807, 2.05) is 25.1 Å². The van der Waals surface area contributed by atoms with E-state index in [9.17, 15) is 9.59 Å². The molecule has 0 aliphatic rings. The quantitative estimate of drug-likeness (QED) is 0.258. The number of rotatable bonds is 12. The Hall–Kier alpha value is -4.04. The molecule has 3 aromatic rings. The van der Waals surface area contributed by atoms with Gasteiger partial charge < -0.3 is 19.5 Å². The summed E-state index contributed by atoms with van der Waals surface area (Å²) in [5.74, 6) is 1.15. The number of halogens is 1. The molecule has 2 amide bonds. The summed E-state index contributed by atoms with van der Waals surface area (Å²) in [6.07, 6.45) is 1.51. The van der Waals surface area contributed by atoms with E-state index < -0.39 is 0 Å². The number of benzene rings is 3. The average molecular weight is 510 g/mol. The molecule has 0 spiro atoms. The molecule has 3 rings (SSSR count). The number of carbonyl (C=O) groups excluding carboxylic acids is 2. The molecule has 0 heterocycles. The maximum atomic E-state index is 12.1. The minimum absolute atomic E-state index is 0.00164. The number of hydrogen-bond donors (Lipinski definition) is 2. The van der Waals surface area contributed by atoms with Crippen molar-refractivity contribution in [3.05, 3.63) is 82.9 Å². The van der Waals surface area contributed by atoms with E-state index >= 15 is 0 Å². The Kier molecular flexibility index (Phi) is 10.1. The van der Waals surface area contributed by atoms with E-state index in [1.165, 1.54) is 6.21 Å². The Morgan fingerprint density at radius 2 is 1.69 bits per heavy atom. The normalized spacial score (nSPS) is 10.6. The fraction of sp³-hybridized carbons (Fsp3) is 0.222. The molecule has 3 aromatic carbocycles. The van der Waals surface area contributed by atoms with Crippen LogP contribution in [0.25, 0.3) is 0 Å². The number of ether oxygens (including phenoxy) is 3. The molecule has 188 valence electrons. The van der Waals surface area contributed by atoms with Gasteiger partial charge in [-0.15, -0.1) is 0 Å². The molecular weight excluding hydrogens is 482 g/mol. The number of hydrogen-bond acceptors (Lipinski definition) is 6. The molecule has 0 aliphatic heterocycles. The van der Waals surface area contributed by atoms with Gasteiger partial charge >= 0.3 is 0 Å². The molecule has 8 nitrogen and oxygen atoms in total. The highest BCUT2D eigenvalue weighted by Crippen LogP contribution is 2.29. The van der Waals surface area contributed by atoms with Crippen molar-refractivity contribution < 1.29 is 23.8 Å². The first kappa shape index (κ1) is 26.6. The van der Waals surface area contributed by atoms with Gasteiger partial charge in [0.25, 0.3) is 0 Å². The van der Waals surface area contributed by atoms with Crippen LogP contribution >= 0.6 is 11.6 Å². The molecule has 9 heteroatoms. The molecule has 0 aromatic heterocycles. The summed E-state index contributed by atoms with van der Waals surface area (Å²) in [5, 5.41) is 7.33. The van der Waals surface area contributed by atoms with Crippen molar-refractivity contribution in [2.45, 2.75) is 26.4 Å². The van der Waals surface area contributed by atoms with Crippen LogP contribution in [0.3, 0.4) is 0 Å². The Balaban J connectivity index is 1.44. The first-order valence-corrected chi connectivity index (χ1v) is 11.7. The summed E-state index contributed by atoms with van der Waals surface area (Å²) in [6, 6.07) is 19.8. The van der Waals surface area contributed by atoms with Crippen LogP contribution in [-0.2, 0) is 16.2 Å². The van der Waals surface area contributed by atoms with Gasteiger partial charge in [-0.1, -0.05) is 29.8 Å². The number of amides is 2. The van der Waals surface area contributed by atoms with Crippen molar-refractivity contribution in [1.82, 2.24) is 5.43 Å². The molecule has 2 N–H and O–H groups in total. The molecule has 0 atom stereocenters. The molecule has 0 saturated carbocycles. The van der Waals surface area contributed by atoms with Gasteiger partial charge in [0, 0.05) is 29.1 Å². The average Bonchev–Trinajstić information content (AvgIpc) is 2.88. The minimum Gasteiger partial charge on any atom is -0.494 e. The van der Waals surface area contributed by atoms with Crippen LogP contribution in [0.15, 0.2) is 71.8 Å².